The van der Waals surface area contributed by atoms with Crippen LogP contribution in [0.2, 0.25) is 0 Å². The molecule has 0 saturated carbocycles. The molecule has 0 bridgehead atoms. The van der Waals surface area contributed by atoms with Gasteiger partial charge in [-0.2, -0.15) is 0 Å². The molecule has 0 aliphatic heterocycles. The van der Waals surface area contributed by atoms with Gasteiger partial charge in [0.25, 0.3) is 0 Å². The van der Waals surface area contributed by atoms with Crippen LogP contribution < -0.4 is 0 Å². The van der Waals surface area contributed by atoms with Crippen molar-refractivity contribution < 1.29 is 13.9 Å². The molecule has 96 valence electrons. The average Bonchev–Trinajstić information content (AvgIpc) is 3.02. The number of carbonyl (C=O) groups excluding carboxylic acids is 1. The first-order valence-corrected chi connectivity index (χ1v) is 6.30. The molecule has 0 aliphatic rings. The quantitative estimate of drug-likeness (QED) is 0.735. The number of fused-ring (bicyclic) bond motifs is 1. The largest absolute Gasteiger partial charge is 0.465 e. The zero-order valence-electron chi connectivity index (χ0n) is 9.94. The number of ether oxygens (including phenoxy) is 1. The number of hydrogen-bond acceptors (Lipinski definition) is 4. The molecule has 0 atom stereocenters. The second kappa shape index (κ2) is 4.55. The number of rotatable bonds is 2. The van der Waals surface area contributed by atoms with E-state index in [1.54, 1.807) is 24.5 Å². The number of H-pyrrole nitrogens is 1. The Morgan fingerprint density at radius 2 is 2.26 bits per heavy atom. The van der Waals surface area contributed by atoms with Gasteiger partial charge in [0.05, 0.1) is 30.0 Å². The zero-order chi connectivity index (χ0) is 13.4. The molecule has 0 radical (unpaired) electrons. The third kappa shape index (κ3) is 1.94. The van der Waals surface area contributed by atoms with Crippen molar-refractivity contribution in [2.75, 3.05) is 7.11 Å². The van der Waals surface area contributed by atoms with Crippen LogP contribution >= 0.6 is 15.9 Å². The van der Waals surface area contributed by atoms with Gasteiger partial charge in [-0.25, -0.2) is 9.78 Å². The van der Waals surface area contributed by atoms with Crippen LogP contribution in [-0.4, -0.2) is 23.0 Å². The molecule has 2 aromatic heterocycles. The summed E-state index contributed by atoms with van der Waals surface area (Å²) in [4.78, 5) is 19.3. The SMILES string of the molecule is COC(=O)c1cccc2[nH]c(-c3ccoc3Br)nc12. The number of nitrogens with one attached hydrogen (secondary N) is 1. The van der Waals surface area contributed by atoms with Gasteiger partial charge in [0.1, 0.15) is 11.3 Å². The van der Waals surface area contributed by atoms with E-state index in [1.807, 2.05) is 6.07 Å². The van der Waals surface area contributed by atoms with Crippen LogP contribution in [0.3, 0.4) is 0 Å². The number of para-hydroxylation sites is 1. The maximum Gasteiger partial charge on any atom is 0.340 e. The lowest BCUT2D eigenvalue weighted by molar-refractivity contribution is 0.0603. The minimum Gasteiger partial charge on any atom is -0.465 e. The summed E-state index contributed by atoms with van der Waals surface area (Å²) in [6.45, 7) is 0. The highest BCUT2D eigenvalue weighted by molar-refractivity contribution is 9.10. The number of esters is 1. The maximum absolute atomic E-state index is 11.7. The number of methoxy groups -OCH3 is 1. The van der Waals surface area contributed by atoms with Crippen LogP contribution in [0.25, 0.3) is 22.4 Å². The van der Waals surface area contributed by atoms with Crippen molar-refractivity contribution in [2.24, 2.45) is 0 Å². The molecule has 0 unspecified atom stereocenters. The lowest BCUT2D eigenvalue weighted by atomic mass is 10.2. The van der Waals surface area contributed by atoms with E-state index in [1.165, 1.54) is 7.11 Å². The highest BCUT2D eigenvalue weighted by Gasteiger charge is 2.16. The van der Waals surface area contributed by atoms with E-state index in [2.05, 4.69) is 25.9 Å². The van der Waals surface area contributed by atoms with Gasteiger partial charge in [-0.15, -0.1) is 0 Å². The highest BCUT2D eigenvalue weighted by Crippen LogP contribution is 2.29. The molecule has 0 spiro atoms. The molecule has 1 N–H and O–H groups in total. The third-order valence-electron chi connectivity index (χ3n) is 2.79. The Morgan fingerprint density at radius 1 is 1.42 bits per heavy atom. The number of furan rings is 1. The predicted octanol–water partition coefficient (Wildman–Crippen LogP) is 3.37. The number of halogens is 1. The molecule has 2 heterocycles. The summed E-state index contributed by atoms with van der Waals surface area (Å²) in [5.41, 5.74) is 2.58. The first-order valence-electron chi connectivity index (χ1n) is 5.51. The molecule has 1 aromatic carbocycles. The summed E-state index contributed by atoms with van der Waals surface area (Å²) in [5.74, 6) is 0.224. The van der Waals surface area contributed by atoms with Crippen LogP contribution in [0, 0.1) is 0 Å². The smallest absolute Gasteiger partial charge is 0.340 e. The molecule has 3 rings (SSSR count). The number of aromatic amines is 1. The molecule has 5 nitrogen and oxygen atoms in total. The second-order valence-corrected chi connectivity index (χ2v) is 4.61. The van der Waals surface area contributed by atoms with Gasteiger partial charge in [-0.3, -0.25) is 0 Å². The van der Waals surface area contributed by atoms with Gasteiger partial charge in [0, 0.05) is 0 Å². The molecular formula is C13H9BrN2O3. The standard InChI is InChI=1S/C13H9BrN2O3/c1-18-13(17)7-3-2-4-9-10(7)16-12(15-9)8-5-6-19-11(8)14/h2-6H,1H3,(H,15,16). The fourth-order valence-electron chi connectivity index (χ4n) is 1.90. The van der Waals surface area contributed by atoms with Gasteiger partial charge in [0.15, 0.2) is 4.67 Å². The van der Waals surface area contributed by atoms with Crippen molar-refractivity contribution in [1.82, 2.24) is 9.97 Å². The third-order valence-corrected chi connectivity index (χ3v) is 3.41. The minimum atomic E-state index is -0.407. The van der Waals surface area contributed by atoms with Gasteiger partial charge >= 0.3 is 5.97 Å². The molecule has 6 heteroatoms. The van der Waals surface area contributed by atoms with Crippen molar-refractivity contribution in [3.05, 3.63) is 40.8 Å². The van der Waals surface area contributed by atoms with Gasteiger partial charge < -0.3 is 14.1 Å². The van der Waals surface area contributed by atoms with Crippen LogP contribution in [0.5, 0.6) is 0 Å². The Kier molecular flexibility index (Phi) is 2.87. The van der Waals surface area contributed by atoms with Crippen LogP contribution in [0.4, 0.5) is 0 Å². The Bertz CT molecular complexity index is 760. The first kappa shape index (κ1) is 12.0. The van der Waals surface area contributed by atoms with Crippen molar-refractivity contribution >= 4 is 32.9 Å². The van der Waals surface area contributed by atoms with E-state index in [0.717, 1.165) is 11.1 Å². The Morgan fingerprint density at radius 3 is 2.95 bits per heavy atom. The predicted molar refractivity (Wildman–Crippen MR) is 72.8 cm³/mol. The van der Waals surface area contributed by atoms with Crippen molar-refractivity contribution in [3.63, 3.8) is 0 Å². The number of hydrogen-bond donors (Lipinski definition) is 1. The Balaban J connectivity index is 2.21. The summed E-state index contributed by atoms with van der Waals surface area (Å²) in [5, 5.41) is 0. The monoisotopic (exact) mass is 320 g/mol. The van der Waals surface area contributed by atoms with Crippen LogP contribution in [0.15, 0.2) is 39.6 Å². The Labute approximate surface area is 116 Å². The molecule has 0 saturated heterocycles. The summed E-state index contributed by atoms with van der Waals surface area (Å²) in [7, 11) is 1.35. The number of aromatic nitrogens is 2. The minimum absolute atomic E-state index is 0.407. The molecule has 0 aliphatic carbocycles. The van der Waals surface area contributed by atoms with E-state index in [0.29, 0.717) is 21.6 Å². The van der Waals surface area contributed by atoms with E-state index in [4.69, 9.17) is 9.15 Å². The molecule has 3 aromatic rings. The first-order chi connectivity index (χ1) is 9.20. The molecule has 0 fully saturated rings. The summed E-state index contributed by atoms with van der Waals surface area (Å²) < 4.78 is 10.5. The fourth-order valence-corrected chi connectivity index (χ4v) is 2.33. The maximum atomic E-state index is 11.7. The molecular weight excluding hydrogens is 312 g/mol. The zero-order valence-corrected chi connectivity index (χ0v) is 11.5. The van der Waals surface area contributed by atoms with Crippen LogP contribution in [-0.2, 0) is 4.74 Å². The van der Waals surface area contributed by atoms with E-state index >= 15 is 0 Å². The van der Waals surface area contributed by atoms with E-state index < -0.39 is 5.97 Å². The fraction of sp³-hybridized carbons (Fsp3) is 0.0769. The lowest BCUT2D eigenvalue weighted by Crippen LogP contribution is -2.01. The summed E-state index contributed by atoms with van der Waals surface area (Å²) in [6, 6.07) is 7.11. The van der Waals surface area contributed by atoms with E-state index in [9.17, 15) is 4.79 Å². The van der Waals surface area contributed by atoms with Gasteiger partial charge in [-0.05, 0) is 34.1 Å². The van der Waals surface area contributed by atoms with Crippen molar-refractivity contribution in [3.8, 4) is 11.4 Å². The van der Waals surface area contributed by atoms with Gasteiger partial charge in [-0.1, -0.05) is 6.07 Å². The van der Waals surface area contributed by atoms with Crippen molar-refractivity contribution in [1.29, 1.82) is 0 Å². The van der Waals surface area contributed by atoms with Gasteiger partial charge in [0.2, 0.25) is 0 Å². The van der Waals surface area contributed by atoms with E-state index in [-0.39, 0.29) is 0 Å². The number of benzene rings is 1. The molecule has 19 heavy (non-hydrogen) atoms. The number of carbonyl (C=O) groups is 1. The summed E-state index contributed by atoms with van der Waals surface area (Å²) >= 11 is 3.30. The lowest BCUT2D eigenvalue weighted by Gasteiger charge is -1.98. The highest BCUT2D eigenvalue weighted by atomic mass is 79.9. The Hall–Kier alpha value is -2.08. The topological polar surface area (TPSA) is 68.1 Å². The number of nitrogens with zero attached hydrogens (tertiary/aromatic N) is 1. The van der Waals surface area contributed by atoms with Crippen molar-refractivity contribution in [2.45, 2.75) is 0 Å². The normalized spacial score (nSPS) is 10.8. The average molecular weight is 321 g/mol. The second-order valence-electron chi connectivity index (χ2n) is 3.89. The molecule has 0 amide bonds. The number of imidazole rings is 1. The summed E-state index contributed by atoms with van der Waals surface area (Å²) in [6.07, 6.45) is 1.56. The van der Waals surface area contributed by atoms with Crippen LogP contribution in [0.1, 0.15) is 10.4 Å².